The maximum atomic E-state index is 13.4. The van der Waals surface area contributed by atoms with Crippen molar-refractivity contribution < 1.29 is 13.2 Å². The lowest BCUT2D eigenvalue weighted by atomic mass is 10.2. The van der Waals surface area contributed by atoms with E-state index in [1.807, 2.05) is 13.0 Å². The van der Waals surface area contributed by atoms with Crippen LogP contribution in [0, 0.1) is 24.4 Å². The Morgan fingerprint density at radius 1 is 0.793 bits per heavy atom. The predicted molar refractivity (Wildman–Crippen MR) is 107 cm³/mol. The molecular formula is C21H20F3N5. The molecule has 5 nitrogen and oxygen atoms in total. The van der Waals surface area contributed by atoms with Gasteiger partial charge in [0.25, 0.3) is 0 Å². The Kier molecular flexibility index (Phi) is 5.24. The lowest BCUT2D eigenvalue weighted by Gasteiger charge is -2.36. The highest BCUT2D eigenvalue weighted by molar-refractivity contribution is 5.56. The second-order valence-corrected chi connectivity index (χ2v) is 6.90. The Hall–Kier alpha value is -3.29. The minimum atomic E-state index is -0.931. The molecule has 0 bridgehead atoms. The highest BCUT2D eigenvalue weighted by Crippen LogP contribution is 2.23. The van der Waals surface area contributed by atoms with Crippen molar-refractivity contribution in [2.24, 2.45) is 0 Å². The van der Waals surface area contributed by atoms with Crippen molar-refractivity contribution >= 4 is 23.1 Å². The fourth-order valence-corrected chi connectivity index (χ4v) is 3.32. The van der Waals surface area contributed by atoms with Gasteiger partial charge < -0.3 is 15.1 Å². The Labute approximate surface area is 166 Å². The normalized spacial score (nSPS) is 14.2. The van der Waals surface area contributed by atoms with Crippen molar-refractivity contribution in [2.75, 3.05) is 41.3 Å². The zero-order valence-electron chi connectivity index (χ0n) is 15.9. The predicted octanol–water partition coefficient (Wildman–Crippen LogP) is 4.27. The van der Waals surface area contributed by atoms with Crippen LogP contribution in [0.3, 0.4) is 0 Å². The Morgan fingerprint density at radius 2 is 1.48 bits per heavy atom. The third kappa shape index (κ3) is 4.42. The molecule has 0 radical (unpaired) electrons. The van der Waals surface area contributed by atoms with Gasteiger partial charge in [-0.15, -0.1) is 0 Å². The van der Waals surface area contributed by atoms with E-state index in [1.165, 1.54) is 18.2 Å². The van der Waals surface area contributed by atoms with Crippen molar-refractivity contribution in [3.05, 3.63) is 71.7 Å². The lowest BCUT2D eigenvalue weighted by molar-refractivity contribution is 0.509. The Balaban J connectivity index is 1.46. The summed E-state index contributed by atoms with van der Waals surface area (Å²) < 4.78 is 39.7. The molecule has 1 N–H and O–H groups in total. The first-order valence-corrected chi connectivity index (χ1v) is 9.31. The number of nitrogens with one attached hydrogen (secondary N) is 1. The van der Waals surface area contributed by atoms with Crippen LogP contribution in [0.2, 0.25) is 0 Å². The smallest absolute Gasteiger partial charge is 0.229 e. The van der Waals surface area contributed by atoms with E-state index < -0.39 is 11.6 Å². The van der Waals surface area contributed by atoms with Gasteiger partial charge in [0, 0.05) is 55.4 Å². The van der Waals surface area contributed by atoms with Gasteiger partial charge in [-0.3, -0.25) is 0 Å². The van der Waals surface area contributed by atoms with Gasteiger partial charge in [-0.1, -0.05) is 0 Å². The van der Waals surface area contributed by atoms with E-state index in [4.69, 9.17) is 0 Å². The molecule has 0 amide bonds. The third-order valence-electron chi connectivity index (χ3n) is 4.81. The standard InChI is InChI=1S/C21H20F3N5/c1-14-12-20(27-21(25-14)26-16-4-7-18(23)19(24)13-16)29-10-8-28(9-11-29)17-5-2-15(22)3-6-17/h2-7,12-13H,8-11H2,1H3,(H,25,26,27). The fraction of sp³-hybridized carbons (Fsp3) is 0.238. The van der Waals surface area contributed by atoms with Gasteiger partial charge in [0.2, 0.25) is 5.95 Å². The first-order chi connectivity index (χ1) is 14.0. The van der Waals surface area contributed by atoms with Crippen LogP contribution >= 0.6 is 0 Å². The van der Waals surface area contributed by atoms with Crippen molar-refractivity contribution in [2.45, 2.75) is 6.92 Å². The first kappa shape index (κ1) is 19.0. The highest BCUT2D eigenvalue weighted by Gasteiger charge is 2.19. The van der Waals surface area contributed by atoms with Crippen LogP contribution in [0.4, 0.5) is 36.3 Å². The number of anilines is 4. The van der Waals surface area contributed by atoms with E-state index in [2.05, 4.69) is 25.1 Å². The summed E-state index contributed by atoms with van der Waals surface area (Å²) in [4.78, 5) is 13.2. The number of aromatic nitrogens is 2. The molecule has 3 aromatic rings. The second kappa shape index (κ2) is 7.98. The number of aryl methyl sites for hydroxylation is 1. The quantitative estimate of drug-likeness (QED) is 0.710. The molecule has 1 aromatic heterocycles. The average molecular weight is 399 g/mol. The van der Waals surface area contributed by atoms with E-state index >= 15 is 0 Å². The SMILES string of the molecule is Cc1cc(N2CCN(c3ccc(F)cc3)CC2)nc(Nc2ccc(F)c(F)c2)n1. The first-order valence-electron chi connectivity index (χ1n) is 9.31. The summed E-state index contributed by atoms with van der Waals surface area (Å²) in [5, 5.41) is 2.93. The van der Waals surface area contributed by atoms with Gasteiger partial charge in [0.15, 0.2) is 11.6 Å². The minimum Gasteiger partial charge on any atom is -0.368 e. The molecule has 8 heteroatoms. The number of rotatable bonds is 4. The maximum Gasteiger partial charge on any atom is 0.229 e. The van der Waals surface area contributed by atoms with Crippen LogP contribution in [-0.2, 0) is 0 Å². The zero-order chi connectivity index (χ0) is 20.4. The Bertz CT molecular complexity index is 1000. The maximum absolute atomic E-state index is 13.4. The van der Waals surface area contributed by atoms with Gasteiger partial charge in [0.05, 0.1) is 0 Å². The summed E-state index contributed by atoms with van der Waals surface area (Å²) in [5.74, 6) is -0.988. The highest BCUT2D eigenvalue weighted by atomic mass is 19.2. The molecule has 0 aliphatic carbocycles. The second-order valence-electron chi connectivity index (χ2n) is 6.90. The molecule has 1 aliphatic rings. The van der Waals surface area contributed by atoms with Crippen molar-refractivity contribution in [1.29, 1.82) is 0 Å². The monoisotopic (exact) mass is 399 g/mol. The summed E-state index contributed by atoms with van der Waals surface area (Å²) >= 11 is 0. The molecule has 0 atom stereocenters. The van der Waals surface area contributed by atoms with Crippen LogP contribution in [0.15, 0.2) is 48.5 Å². The number of piperazine rings is 1. The number of hydrogen-bond donors (Lipinski definition) is 1. The van der Waals surface area contributed by atoms with Crippen LogP contribution in [-0.4, -0.2) is 36.1 Å². The molecule has 1 saturated heterocycles. The molecule has 4 rings (SSSR count). The van der Waals surface area contributed by atoms with Crippen molar-refractivity contribution in [1.82, 2.24) is 9.97 Å². The molecule has 2 aromatic carbocycles. The van der Waals surface area contributed by atoms with Gasteiger partial charge >= 0.3 is 0 Å². The zero-order valence-corrected chi connectivity index (χ0v) is 15.9. The van der Waals surface area contributed by atoms with Crippen molar-refractivity contribution in [3.63, 3.8) is 0 Å². The molecule has 2 heterocycles. The molecule has 29 heavy (non-hydrogen) atoms. The van der Waals surface area contributed by atoms with Gasteiger partial charge in [-0.2, -0.15) is 4.98 Å². The van der Waals surface area contributed by atoms with Gasteiger partial charge in [-0.25, -0.2) is 18.2 Å². The number of nitrogens with zero attached hydrogens (tertiary/aromatic N) is 4. The van der Waals surface area contributed by atoms with Crippen LogP contribution in [0.5, 0.6) is 0 Å². The summed E-state index contributed by atoms with van der Waals surface area (Å²) in [5.41, 5.74) is 2.13. The van der Waals surface area contributed by atoms with E-state index in [9.17, 15) is 13.2 Å². The van der Waals surface area contributed by atoms with E-state index in [-0.39, 0.29) is 5.82 Å². The lowest BCUT2D eigenvalue weighted by Crippen LogP contribution is -2.46. The summed E-state index contributed by atoms with van der Waals surface area (Å²) in [7, 11) is 0. The molecule has 1 aliphatic heterocycles. The summed E-state index contributed by atoms with van der Waals surface area (Å²) in [6.07, 6.45) is 0. The topological polar surface area (TPSA) is 44.3 Å². The molecule has 0 spiro atoms. The number of halogens is 3. The van der Waals surface area contributed by atoms with Gasteiger partial charge in [-0.05, 0) is 43.3 Å². The average Bonchev–Trinajstić information content (AvgIpc) is 2.71. The molecule has 150 valence electrons. The molecular weight excluding hydrogens is 379 g/mol. The van der Waals surface area contributed by atoms with Crippen LogP contribution < -0.4 is 15.1 Å². The molecule has 0 saturated carbocycles. The van der Waals surface area contributed by atoms with E-state index in [1.54, 1.807) is 12.1 Å². The number of benzene rings is 2. The van der Waals surface area contributed by atoms with Gasteiger partial charge in [0.1, 0.15) is 11.6 Å². The number of hydrogen-bond acceptors (Lipinski definition) is 5. The van der Waals surface area contributed by atoms with Crippen LogP contribution in [0.1, 0.15) is 5.69 Å². The van der Waals surface area contributed by atoms with Crippen molar-refractivity contribution in [3.8, 4) is 0 Å². The van der Waals surface area contributed by atoms with E-state index in [0.29, 0.717) is 11.6 Å². The molecule has 0 unspecified atom stereocenters. The van der Waals surface area contributed by atoms with Crippen LogP contribution in [0.25, 0.3) is 0 Å². The molecule has 1 fully saturated rings. The van der Waals surface area contributed by atoms with E-state index in [0.717, 1.165) is 55.5 Å². The third-order valence-corrected chi connectivity index (χ3v) is 4.81. The Morgan fingerprint density at radius 3 is 2.17 bits per heavy atom. The fourth-order valence-electron chi connectivity index (χ4n) is 3.32. The minimum absolute atomic E-state index is 0.245. The summed E-state index contributed by atoms with van der Waals surface area (Å²) in [6, 6.07) is 11.9. The summed E-state index contributed by atoms with van der Waals surface area (Å²) in [6.45, 7) is 4.91. The largest absolute Gasteiger partial charge is 0.368 e.